The van der Waals surface area contributed by atoms with E-state index in [0.29, 0.717) is 16.3 Å². The largest absolute Gasteiger partial charge is 0.284 e. The third-order valence-electron chi connectivity index (χ3n) is 1.43. The van der Waals surface area contributed by atoms with Crippen LogP contribution in [0.3, 0.4) is 0 Å². The van der Waals surface area contributed by atoms with Crippen LogP contribution in [0.4, 0.5) is 5.69 Å². The molecule has 74 valence electrons. The van der Waals surface area contributed by atoms with Crippen LogP contribution in [-0.2, 0) is 10.0 Å². The number of halogens is 1. The fraction of sp³-hybridized carbons (Fsp3) is 0.111. The molecule has 0 spiro atoms. The number of anilines is 1. The Morgan fingerprint density at radius 3 is 2.57 bits per heavy atom. The summed E-state index contributed by atoms with van der Waals surface area (Å²) in [6, 6.07) is 4.61. The van der Waals surface area contributed by atoms with Gasteiger partial charge in [-0.3, -0.25) is 4.72 Å². The van der Waals surface area contributed by atoms with Crippen LogP contribution >= 0.6 is 11.6 Å². The van der Waals surface area contributed by atoms with Gasteiger partial charge in [0.2, 0.25) is 10.0 Å². The summed E-state index contributed by atoms with van der Waals surface area (Å²) in [7, 11) is -3.27. The second-order valence-electron chi connectivity index (χ2n) is 2.71. The maximum Gasteiger partial charge on any atom is 0.229 e. The van der Waals surface area contributed by atoms with E-state index >= 15 is 0 Å². The monoisotopic (exact) mass is 229 g/mol. The van der Waals surface area contributed by atoms with Gasteiger partial charge >= 0.3 is 0 Å². The minimum Gasteiger partial charge on any atom is -0.284 e. The molecule has 0 saturated carbocycles. The Morgan fingerprint density at radius 2 is 2.14 bits per heavy atom. The first-order valence-corrected chi connectivity index (χ1v) is 5.93. The molecule has 3 nitrogen and oxygen atoms in total. The molecular formula is C9H8ClNO2S. The predicted molar refractivity (Wildman–Crippen MR) is 57.9 cm³/mol. The Kier molecular flexibility index (Phi) is 3.04. The molecule has 0 fully saturated rings. The first kappa shape index (κ1) is 10.9. The molecule has 0 unspecified atom stereocenters. The van der Waals surface area contributed by atoms with E-state index in [1.807, 2.05) is 0 Å². The average molecular weight is 230 g/mol. The number of hydrogen-bond acceptors (Lipinski definition) is 2. The van der Waals surface area contributed by atoms with Gasteiger partial charge in [-0.05, 0) is 18.2 Å². The maximum atomic E-state index is 10.9. The van der Waals surface area contributed by atoms with E-state index in [-0.39, 0.29) is 0 Å². The number of hydrogen-bond donors (Lipinski definition) is 1. The van der Waals surface area contributed by atoms with Crippen LogP contribution in [0.5, 0.6) is 0 Å². The van der Waals surface area contributed by atoms with Gasteiger partial charge in [0.1, 0.15) is 0 Å². The summed E-state index contributed by atoms with van der Waals surface area (Å²) in [6.07, 6.45) is 6.22. The zero-order chi connectivity index (χ0) is 10.8. The van der Waals surface area contributed by atoms with Gasteiger partial charge in [0, 0.05) is 5.56 Å². The lowest BCUT2D eigenvalue weighted by atomic mass is 10.2. The Labute approximate surface area is 88.1 Å². The second-order valence-corrected chi connectivity index (χ2v) is 4.87. The van der Waals surface area contributed by atoms with Crippen LogP contribution in [0, 0.1) is 12.3 Å². The van der Waals surface area contributed by atoms with Crippen molar-refractivity contribution in [1.82, 2.24) is 0 Å². The van der Waals surface area contributed by atoms with Crippen molar-refractivity contribution in [2.75, 3.05) is 11.0 Å². The molecule has 0 aromatic heterocycles. The molecule has 1 aromatic rings. The fourth-order valence-electron chi connectivity index (χ4n) is 0.910. The summed E-state index contributed by atoms with van der Waals surface area (Å²) in [5, 5.41) is 0.348. The van der Waals surface area contributed by atoms with E-state index in [1.54, 1.807) is 12.1 Å². The summed E-state index contributed by atoms with van der Waals surface area (Å²) in [5.41, 5.74) is 0.933. The van der Waals surface area contributed by atoms with Gasteiger partial charge in [0.25, 0.3) is 0 Å². The summed E-state index contributed by atoms with van der Waals surface area (Å²) >= 11 is 5.78. The molecule has 0 saturated heterocycles. The third-order valence-corrected chi connectivity index (χ3v) is 2.35. The highest BCUT2D eigenvalue weighted by Gasteiger charge is 2.03. The molecule has 0 aliphatic carbocycles. The standard InChI is InChI=1S/C9H8ClNO2S/c1-3-7-4-5-8(6-9(7)10)11-14(2,12)13/h1,4-6,11H,2H3. The molecule has 0 aliphatic heterocycles. The quantitative estimate of drug-likeness (QED) is 0.785. The van der Waals surface area contributed by atoms with E-state index in [0.717, 1.165) is 6.26 Å². The molecule has 1 rings (SSSR count). The lowest BCUT2D eigenvalue weighted by Gasteiger charge is -2.04. The second kappa shape index (κ2) is 3.91. The van der Waals surface area contributed by atoms with Crippen molar-refractivity contribution in [3.05, 3.63) is 28.8 Å². The van der Waals surface area contributed by atoms with Crippen LogP contribution in [0.15, 0.2) is 18.2 Å². The number of terminal acetylenes is 1. The van der Waals surface area contributed by atoms with Gasteiger partial charge in [-0.2, -0.15) is 0 Å². The summed E-state index contributed by atoms with van der Waals surface area (Å²) in [6.45, 7) is 0. The van der Waals surface area contributed by atoms with Crippen LogP contribution in [-0.4, -0.2) is 14.7 Å². The van der Waals surface area contributed by atoms with Crippen LogP contribution < -0.4 is 4.72 Å². The fourth-order valence-corrected chi connectivity index (χ4v) is 1.70. The van der Waals surface area contributed by atoms with Gasteiger partial charge in [-0.25, -0.2) is 8.42 Å². The molecule has 1 N–H and O–H groups in total. The van der Waals surface area contributed by atoms with E-state index in [9.17, 15) is 8.42 Å². The van der Waals surface area contributed by atoms with E-state index < -0.39 is 10.0 Å². The normalized spacial score (nSPS) is 10.6. The SMILES string of the molecule is C#Cc1ccc(NS(C)(=O)=O)cc1Cl. The zero-order valence-corrected chi connectivity index (χ0v) is 8.98. The van der Waals surface area contributed by atoms with E-state index in [4.69, 9.17) is 18.0 Å². The van der Waals surface area contributed by atoms with Gasteiger partial charge in [0.15, 0.2) is 0 Å². The zero-order valence-electron chi connectivity index (χ0n) is 7.41. The van der Waals surface area contributed by atoms with Gasteiger partial charge in [-0.15, -0.1) is 6.42 Å². The van der Waals surface area contributed by atoms with Crippen molar-refractivity contribution >= 4 is 27.3 Å². The number of nitrogens with one attached hydrogen (secondary N) is 1. The molecule has 0 atom stereocenters. The first-order valence-electron chi connectivity index (χ1n) is 3.66. The third kappa shape index (κ3) is 2.95. The Hall–Kier alpha value is -1.18. The molecular weight excluding hydrogens is 222 g/mol. The topological polar surface area (TPSA) is 46.2 Å². The maximum absolute atomic E-state index is 10.9. The van der Waals surface area contributed by atoms with Gasteiger partial charge in [0.05, 0.1) is 17.0 Å². The summed E-state index contributed by atoms with van der Waals surface area (Å²) in [5.74, 6) is 2.38. The van der Waals surface area contributed by atoms with E-state index in [1.165, 1.54) is 6.07 Å². The number of rotatable bonds is 2. The Morgan fingerprint density at radius 1 is 1.50 bits per heavy atom. The smallest absolute Gasteiger partial charge is 0.229 e. The molecule has 14 heavy (non-hydrogen) atoms. The number of benzene rings is 1. The Bertz CT molecular complexity index is 488. The van der Waals surface area contributed by atoms with Crippen LogP contribution in [0.2, 0.25) is 5.02 Å². The average Bonchev–Trinajstić information content (AvgIpc) is 2.01. The highest BCUT2D eigenvalue weighted by atomic mass is 35.5. The Balaban J connectivity index is 3.06. The van der Waals surface area contributed by atoms with Crippen molar-refractivity contribution in [2.45, 2.75) is 0 Å². The molecule has 0 bridgehead atoms. The molecule has 0 aliphatic rings. The highest BCUT2D eigenvalue weighted by Crippen LogP contribution is 2.20. The summed E-state index contributed by atoms with van der Waals surface area (Å²) in [4.78, 5) is 0. The molecule has 0 radical (unpaired) electrons. The predicted octanol–water partition coefficient (Wildman–Crippen LogP) is 1.69. The van der Waals surface area contributed by atoms with Crippen molar-refractivity contribution in [1.29, 1.82) is 0 Å². The van der Waals surface area contributed by atoms with Crippen LogP contribution in [0.1, 0.15) is 5.56 Å². The van der Waals surface area contributed by atoms with Crippen molar-refractivity contribution < 1.29 is 8.42 Å². The molecule has 5 heteroatoms. The first-order chi connectivity index (χ1) is 6.42. The van der Waals surface area contributed by atoms with Crippen molar-refractivity contribution in [2.24, 2.45) is 0 Å². The lowest BCUT2D eigenvalue weighted by molar-refractivity contribution is 0.607. The minimum atomic E-state index is -3.27. The van der Waals surface area contributed by atoms with Gasteiger partial charge < -0.3 is 0 Å². The van der Waals surface area contributed by atoms with Crippen molar-refractivity contribution in [3.63, 3.8) is 0 Å². The lowest BCUT2D eigenvalue weighted by Crippen LogP contribution is -2.09. The molecule has 0 heterocycles. The molecule has 0 amide bonds. The minimum absolute atomic E-state index is 0.348. The number of sulfonamides is 1. The molecule has 1 aromatic carbocycles. The van der Waals surface area contributed by atoms with Gasteiger partial charge in [-0.1, -0.05) is 17.5 Å². The highest BCUT2D eigenvalue weighted by molar-refractivity contribution is 7.92. The van der Waals surface area contributed by atoms with Crippen molar-refractivity contribution in [3.8, 4) is 12.3 Å². The summed E-state index contributed by atoms with van der Waals surface area (Å²) < 4.78 is 24.0. The van der Waals surface area contributed by atoms with Crippen LogP contribution in [0.25, 0.3) is 0 Å². The van der Waals surface area contributed by atoms with E-state index in [2.05, 4.69) is 10.6 Å².